The van der Waals surface area contributed by atoms with Gasteiger partial charge in [-0.2, -0.15) is 4.31 Å². The van der Waals surface area contributed by atoms with Gasteiger partial charge in [-0.25, -0.2) is 26.8 Å². The molecule has 1 aromatic carbocycles. The summed E-state index contributed by atoms with van der Waals surface area (Å²) in [6.45, 7) is 3.45. The van der Waals surface area contributed by atoms with Crippen molar-refractivity contribution < 1.29 is 35.6 Å². The van der Waals surface area contributed by atoms with E-state index in [1.165, 1.54) is 28.6 Å². The number of primary sulfonamides is 1. The molecule has 11 nitrogen and oxygen atoms in total. The van der Waals surface area contributed by atoms with Crippen molar-refractivity contribution in [3.8, 4) is 0 Å². The molecule has 0 fully saturated rings. The molecule has 0 saturated carbocycles. The van der Waals surface area contributed by atoms with E-state index < -0.39 is 49.4 Å². The Morgan fingerprint density at radius 3 is 2.13 bits per heavy atom. The van der Waals surface area contributed by atoms with Gasteiger partial charge in [-0.05, 0) is 36.4 Å². The van der Waals surface area contributed by atoms with Crippen molar-refractivity contribution in [1.82, 2.24) is 4.31 Å². The van der Waals surface area contributed by atoms with Crippen LogP contribution in [0.5, 0.6) is 0 Å². The number of furan rings is 1. The molecular weight excluding hydrogens is 438 g/mol. The minimum Gasteiger partial charge on any atom is -0.450 e. The van der Waals surface area contributed by atoms with E-state index in [0.29, 0.717) is 18.8 Å². The number of nitrogens with zero attached hydrogens (tertiary/aromatic N) is 1. The van der Waals surface area contributed by atoms with Gasteiger partial charge in [-0.15, -0.1) is 0 Å². The summed E-state index contributed by atoms with van der Waals surface area (Å²) < 4.78 is 57.9. The van der Waals surface area contributed by atoms with Crippen LogP contribution < -0.4 is 10.5 Å². The summed E-state index contributed by atoms with van der Waals surface area (Å²) in [6, 6.07) is 7.55. The molecule has 0 aliphatic rings. The van der Waals surface area contributed by atoms with Gasteiger partial charge in [0, 0.05) is 18.8 Å². The SMILES string of the molecule is CCN(CC)S(=O)(=O)c1ccc(NC(=O)COC(=O)c2ccc(S(N)(=O)=O)o2)cc1. The quantitative estimate of drug-likeness (QED) is 0.518. The van der Waals surface area contributed by atoms with E-state index in [1.807, 2.05) is 0 Å². The zero-order chi connectivity index (χ0) is 22.5. The Bertz CT molecular complexity index is 1120. The highest BCUT2D eigenvalue weighted by molar-refractivity contribution is 7.89. The summed E-state index contributed by atoms with van der Waals surface area (Å²) in [6.07, 6.45) is 0. The molecule has 0 spiro atoms. The molecule has 164 valence electrons. The van der Waals surface area contributed by atoms with Gasteiger partial charge >= 0.3 is 5.97 Å². The summed E-state index contributed by atoms with van der Waals surface area (Å²) in [4.78, 5) is 23.8. The highest BCUT2D eigenvalue weighted by Gasteiger charge is 2.22. The third-order valence-corrected chi connectivity index (χ3v) is 6.72. The maximum atomic E-state index is 12.4. The zero-order valence-corrected chi connectivity index (χ0v) is 17.8. The number of sulfonamides is 2. The van der Waals surface area contributed by atoms with Crippen LogP contribution in [-0.4, -0.2) is 52.7 Å². The second-order valence-electron chi connectivity index (χ2n) is 5.90. The van der Waals surface area contributed by atoms with Crippen LogP contribution in [0.3, 0.4) is 0 Å². The van der Waals surface area contributed by atoms with Crippen LogP contribution in [0.1, 0.15) is 24.4 Å². The van der Waals surface area contributed by atoms with Crippen LogP contribution in [0.15, 0.2) is 50.8 Å². The number of esters is 1. The highest BCUT2D eigenvalue weighted by Crippen LogP contribution is 2.18. The summed E-state index contributed by atoms with van der Waals surface area (Å²) in [5, 5.41) is 6.70. The Balaban J connectivity index is 1.95. The maximum absolute atomic E-state index is 12.4. The number of nitrogens with one attached hydrogen (secondary N) is 1. The van der Waals surface area contributed by atoms with Gasteiger partial charge in [-0.3, -0.25) is 4.79 Å². The molecule has 0 radical (unpaired) electrons. The zero-order valence-electron chi connectivity index (χ0n) is 16.2. The van der Waals surface area contributed by atoms with Crippen LogP contribution in [0, 0.1) is 0 Å². The Kier molecular flexibility index (Phi) is 7.36. The van der Waals surface area contributed by atoms with Crippen molar-refractivity contribution in [1.29, 1.82) is 0 Å². The summed E-state index contributed by atoms with van der Waals surface area (Å²) in [7, 11) is -7.73. The van der Waals surface area contributed by atoms with Gasteiger partial charge < -0.3 is 14.5 Å². The van der Waals surface area contributed by atoms with E-state index >= 15 is 0 Å². The highest BCUT2D eigenvalue weighted by atomic mass is 32.2. The first-order chi connectivity index (χ1) is 14.0. The average Bonchev–Trinajstić information content (AvgIpc) is 3.18. The molecule has 30 heavy (non-hydrogen) atoms. The number of carbonyl (C=O) groups is 2. The van der Waals surface area contributed by atoms with Crippen LogP contribution in [0.4, 0.5) is 5.69 Å². The lowest BCUT2D eigenvalue weighted by Gasteiger charge is -2.18. The fourth-order valence-corrected chi connectivity index (χ4v) is 4.33. The Morgan fingerprint density at radius 1 is 1.03 bits per heavy atom. The number of nitrogens with two attached hydrogens (primary N) is 1. The normalized spacial score (nSPS) is 12.0. The van der Waals surface area contributed by atoms with Gasteiger partial charge in [0.05, 0.1) is 4.90 Å². The van der Waals surface area contributed by atoms with Crippen molar-refractivity contribution in [2.45, 2.75) is 23.8 Å². The molecule has 3 N–H and O–H groups in total. The van der Waals surface area contributed by atoms with Gasteiger partial charge in [0.25, 0.3) is 15.9 Å². The smallest absolute Gasteiger partial charge is 0.374 e. The molecule has 1 aromatic heterocycles. The van der Waals surface area contributed by atoms with Crippen LogP contribution >= 0.6 is 0 Å². The molecular formula is C17H21N3O8S2. The van der Waals surface area contributed by atoms with Crippen molar-refractivity contribution in [3.05, 3.63) is 42.2 Å². The third kappa shape index (κ3) is 5.66. The molecule has 0 saturated heterocycles. The topological polar surface area (TPSA) is 166 Å². The van der Waals surface area contributed by atoms with Crippen LogP contribution in [-0.2, 0) is 29.6 Å². The first kappa shape index (κ1) is 23.5. The molecule has 13 heteroatoms. The molecule has 0 unspecified atom stereocenters. The first-order valence-corrected chi connectivity index (χ1v) is 11.7. The number of anilines is 1. The fourth-order valence-electron chi connectivity index (χ4n) is 2.40. The standard InChI is InChI=1S/C17H21N3O8S2/c1-3-20(4-2)30(25,26)13-7-5-12(6-8-13)19-15(21)11-27-17(22)14-9-10-16(28-14)29(18,23)24/h5-10H,3-4,11H2,1-2H3,(H,19,21)(H2,18,23,24). The minimum atomic E-state index is -4.11. The minimum absolute atomic E-state index is 0.0825. The average molecular weight is 460 g/mol. The molecule has 0 aliphatic heterocycles. The van der Waals surface area contributed by atoms with E-state index in [4.69, 9.17) is 14.3 Å². The van der Waals surface area contributed by atoms with E-state index in [-0.39, 0.29) is 4.90 Å². The predicted molar refractivity (Wildman–Crippen MR) is 106 cm³/mol. The Hall–Kier alpha value is -2.74. The number of benzene rings is 1. The summed E-state index contributed by atoms with van der Waals surface area (Å²) in [5.41, 5.74) is 0.295. The van der Waals surface area contributed by atoms with Crippen LogP contribution in [0.2, 0.25) is 0 Å². The number of hydrogen-bond acceptors (Lipinski definition) is 8. The molecule has 2 rings (SSSR count). The fraction of sp³-hybridized carbons (Fsp3) is 0.294. The second kappa shape index (κ2) is 9.38. The van der Waals surface area contributed by atoms with Gasteiger partial charge in [0.15, 0.2) is 6.61 Å². The molecule has 1 amide bonds. The Morgan fingerprint density at radius 2 is 1.63 bits per heavy atom. The van der Waals surface area contributed by atoms with Gasteiger partial charge in [-0.1, -0.05) is 13.8 Å². The maximum Gasteiger partial charge on any atom is 0.374 e. The van der Waals surface area contributed by atoms with Crippen molar-refractivity contribution in [3.63, 3.8) is 0 Å². The number of hydrogen-bond donors (Lipinski definition) is 2. The Labute approximate surface area is 173 Å². The molecule has 0 atom stereocenters. The summed E-state index contributed by atoms with van der Waals surface area (Å²) >= 11 is 0. The summed E-state index contributed by atoms with van der Waals surface area (Å²) in [5.74, 6) is -2.18. The lowest BCUT2D eigenvalue weighted by Crippen LogP contribution is -2.30. The number of amides is 1. The van der Waals surface area contributed by atoms with E-state index in [0.717, 1.165) is 12.1 Å². The molecule has 2 aromatic rings. The lowest BCUT2D eigenvalue weighted by atomic mass is 10.3. The van der Waals surface area contributed by atoms with E-state index in [2.05, 4.69) is 5.32 Å². The van der Waals surface area contributed by atoms with Crippen molar-refractivity contribution in [2.75, 3.05) is 25.0 Å². The largest absolute Gasteiger partial charge is 0.450 e. The number of carbonyl (C=O) groups excluding carboxylic acids is 2. The van der Waals surface area contributed by atoms with Crippen molar-refractivity contribution >= 4 is 37.6 Å². The van der Waals surface area contributed by atoms with Crippen LogP contribution in [0.25, 0.3) is 0 Å². The molecule has 0 aliphatic carbocycles. The monoisotopic (exact) mass is 459 g/mol. The molecule has 1 heterocycles. The third-order valence-electron chi connectivity index (χ3n) is 3.88. The first-order valence-electron chi connectivity index (χ1n) is 8.68. The van der Waals surface area contributed by atoms with Gasteiger partial charge in [0.1, 0.15) is 0 Å². The van der Waals surface area contributed by atoms with E-state index in [9.17, 15) is 26.4 Å². The number of rotatable bonds is 9. The predicted octanol–water partition coefficient (Wildman–Crippen LogP) is 0.753. The van der Waals surface area contributed by atoms with E-state index in [1.54, 1.807) is 13.8 Å². The lowest BCUT2D eigenvalue weighted by molar-refractivity contribution is -0.119. The van der Waals surface area contributed by atoms with Gasteiger partial charge in [0.2, 0.25) is 20.9 Å². The van der Waals surface area contributed by atoms with Crippen molar-refractivity contribution in [2.24, 2.45) is 5.14 Å². The molecule has 0 bridgehead atoms. The second-order valence-corrected chi connectivity index (χ2v) is 9.33. The number of ether oxygens (including phenoxy) is 1.